The first-order valence-electron chi connectivity index (χ1n) is 6.81. The van der Waals surface area contributed by atoms with Crippen molar-refractivity contribution in [1.82, 2.24) is 13.6 Å². The maximum atomic E-state index is 12.0. The molecule has 3 rings (SSSR count). The average molecular weight is 329 g/mol. The molecule has 21 heavy (non-hydrogen) atoms. The smallest absolute Gasteiger partial charge is 0.281 e. The largest absolute Gasteiger partial charge is 0.473 e. The van der Waals surface area contributed by atoms with E-state index >= 15 is 0 Å². The molecule has 0 N–H and O–H groups in total. The van der Waals surface area contributed by atoms with Crippen molar-refractivity contribution in [2.24, 2.45) is 0 Å². The molecule has 0 aromatic carbocycles. The quantitative estimate of drug-likeness (QED) is 0.819. The molecule has 116 valence electrons. The van der Waals surface area contributed by atoms with Crippen molar-refractivity contribution < 1.29 is 13.2 Å². The Kier molecular flexibility index (Phi) is 3.89. The highest BCUT2D eigenvalue weighted by molar-refractivity contribution is 8.01. The summed E-state index contributed by atoms with van der Waals surface area (Å²) in [7, 11) is -0.151. The molecule has 2 aliphatic heterocycles. The molecule has 1 atom stereocenters. The second-order valence-corrected chi connectivity index (χ2v) is 9.29. The van der Waals surface area contributed by atoms with Crippen molar-refractivity contribution in [2.45, 2.75) is 17.3 Å². The van der Waals surface area contributed by atoms with Crippen molar-refractivity contribution in [1.29, 1.82) is 0 Å². The SMILES string of the molecule is CN(C)S(=O)(=O)N1CC2(C[C@@H](Oc3ccccn3)CS2)C1. The van der Waals surface area contributed by atoms with Gasteiger partial charge in [-0.25, -0.2) is 4.98 Å². The van der Waals surface area contributed by atoms with Crippen molar-refractivity contribution in [3.8, 4) is 5.88 Å². The Balaban J connectivity index is 1.57. The van der Waals surface area contributed by atoms with E-state index in [0.29, 0.717) is 19.0 Å². The topological polar surface area (TPSA) is 62.7 Å². The van der Waals surface area contributed by atoms with Gasteiger partial charge >= 0.3 is 0 Å². The number of thioether (sulfide) groups is 1. The summed E-state index contributed by atoms with van der Waals surface area (Å²) in [5, 5.41) is 0. The van der Waals surface area contributed by atoms with Crippen LogP contribution < -0.4 is 4.74 Å². The van der Waals surface area contributed by atoms with E-state index in [9.17, 15) is 8.42 Å². The number of hydrogen-bond donors (Lipinski definition) is 0. The minimum Gasteiger partial charge on any atom is -0.473 e. The molecule has 1 aromatic rings. The van der Waals surface area contributed by atoms with E-state index in [0.717, 1.165) is 12.2 Å². The van der Waals surface area contributed by atoms with Gasteiger partial charge in [0.1, 0.15) is 6.10 Å². The van der Waals surface area contributed by atoms with E-state index < -0.39 is 10.2 Å². The lowest BCUT2D eigenvalue weighted by molar-refractivity contribution is 0.151. The molecule has 0 radical (unpaired) electrons. The molecule has 0 unspecified atom stereocenters. The second kappa shape index (κ2) is 5.42. The number of ether oxygens (including phenoxy) is 1. The molecular formula is C13H19N3O3S2. The Morgan fingerprint density at radius 2 is 2.19 bits per heavy atom. The third kappa shape index (κ3) is 2.90. The first kappa shape index (κ1) is 15.1. The molecule has 0 aliphatic carbocycles. The van der Waals surface area contributed by atoms with Gasteiger partial charge in [-0.05, 0) is 6.07 Å². The van der Waals surface area contributed by atoms with Crippen molar-refractivity contribution in [2.75, 3.05) is 32.9 Å². The molecule has 1 spiro atoms. The van der Waals surface area contributed by atoms with E-state index in [1.165, 1.54) is 8.61 Å². The summed E-state index contributed by atoms with van der Waals surface area (Å²) in [4.78, 5) is 4.17. The first-order chi connectivity index (χ1) is 9.91. The maximum absolute atomic E-state index is 12.0. The monoisotopic (exact) mass is 329 g/mol. The van der Waals surface area contributed by atoms with Crippen LogP contribution in [0.25, 0.3) is 0 Å². The zero-order valence-corrected chi connectivity index (χ0v) is 13.7. The molecule has 6 nitrogen and oxygen atoms in total. The highest BCUT2D eigenvalue weighted by Gasteiger charge is 2.53. The van der Waals surface area contributed by atoms with E-state index in [2.05, 4.69) is 4.98 Å². The number of hydrogen-bond acceptors (Lipinski definition) is 5. The highest BCUT2D eigenvalue weighted by atomic mass is 32.2. The van der Waals surface area contributed by atoms with Gasteiger partial charge < -0.3 is 4.74 Å². The van der Waals surface area contributed by atoms with Crippen LogP contribution in [0.5, 0.6) is 5.88 Å². The summed E-state index contributed by atoms with van der Waals surface area (Å²) >= 11 is 1.81. The van der Waals surface area contributed by atoms with Crippen LogP contribution in [0.15, 0.2) is 24.4 Å². The third-order valence-corrected chi connectivity index (χ3v) is 7.23. The number of aromatic nitrogens is 1. The van der Waals surface area contributed by atoms with Crippen LogP contribution in [0, 0.1) is 0 Å². The van der Waals surface area contributed by atoms with Gasteiger partial charge in [0.05, 0.1) is 0 Å². The predicted molar refractivity (Wildman–Crippen MR) is 82.6 cm³/mol. The van der Waals surface area contributed by atoms with Crippen LogP contribution in [0.3, 0.4) is 0 Å². The van der Waals surface area contributed by atoms with Crippen molar-refractivity contribution in [3.05, 3.63) is 24.4 Å². The molecule has 0 saturated carbocycles. The molecule has 1 aromatic heterocycles. The molecule has 2 fully saturated rings. The fourth-order valence-corrected chi connectivity index (χ4v) is 5.65. The Morgan fingerprint density at radius 3 is 2.81 bits per heavy atom. The second-order valence-electron chi connectivity index (χ2n) is 5.66. The summed E-state index contributed by atoms with van der Waals surface area (Å²) in [5.74, 6) is 1.52. The van der Waals surface area contributed by atoms with Gasteiger partial charge in [-0.2, -0.15) is 17.0 Å². The van der Waals surface area contributed by atoms with Gasteiger partial charge in [0.15, 0.2) is 0 Å². The maximum Gasteiger partial charge on any atom is 0.281 e. The lowest BCUT2D eigenvalue weighted by Gasteiger charge is -2.46. The third-order valence-electron chi connectivity index (χ3n) is 3.82. The first-order valence-corrected chi connectivity index (χ1v) is 9.19. The van der Waals surface area contributed by atoms with Crippen molar-refractivity contribution >= 4 is 22.0 Å². The van der Waals surface area contributed by atoms with Gasteiger partial charge in [-0.3, -0.25) is 0 Å². The minimum absolute atomic E-state index is 0.0164. The Bertz CT molecular complexity index is 600. The summed E-state index contributed by atoms with van der Waals surface area (Å²) in [6.07, 6.45) is 2.68. The van der Waals surface area contributed by atoms with Gasteiger partial charge in [0.25, 0.3) is 10.2 Å². The van der Waals surface area contributed by atoms with E-state index in [1.807, 2.05) is 30.0 Å². The van der Waals surface area contributed by atoms with Crippen LogP contribution in [0.1, 0.15) is 6.42 Å². The molecular weight excluding hydrogens is 310 g/mol. The summed E-state index contributed by atoms with van der Waals surface area (Å²) in [5.41, 5.74) is 0. The molecule has 3 heterocycles. The van der Waals surface area contributed by atoms with Crippen LogP contribution in [-0.4, -0.2) is 65.8 Å². The number of pyridine rings is 1. The van der Waals surface area contributed by atoms with Gasteiger partial charge in [0, 0.05) is 56.4 Å². The Morgan fingerprint density at radius 1 is 1.43 bits per heavy atom. The minimum atomic E-state index is -3.28. The van der Waals surface area contributed by atoms with Gasteiger partial charge in [0.2, 0.25) is 5.88 Å². The predicted octanol–water partition coefficient (Wildman–Crippen LogP) is 0.827. The lowest BCUT2D eigenvalue weighted by Crippen LogP contribution is -2.62. The highest BCUT2D eigenvalue weighted by Crippen LogP contribution is 2.47. The summed E-state index contributed by atoms with van der Waals surface area (Å²) in [6, 6.07) is 5.60. The summed E-state index contributed by atoms with van der Waals surface area (Å²) < 4.78 is 32.7. The molecule has 0 amide bonds. The van der Waals surface area contributed by atoms with Gasteiger partial charge in [-0.15, -0.1) is 11.8 Å². The normalized spacial score (nSPS) is 25.2. The molecule has 8 heteroatoms. The van der Waals surface area contributed by atoms with Crippen LogP contribution in [0.4, 0.5) is 0 Å². The Hall–Kier alpha value is -0.830. The van der Waals surface area contributed by atoms with E-state index in [4.69, 9.17) is 4.74 Å². The molecule has 2 aliphatic rings. The van der Waals surface area contributed by atoms with Crippen LogP contribution in [-0.2, 0) is 10.2 Å². The summed E-state index contributed by atoms with van der Waals surface area (Å²) in [6.45, 7) is 1.14. The van der Waals surface area contributed by atoms with Crippen LogP contribution in [0.2, 0.25) is 0 Å². The lowest BCUT2D eigenvalue weighted by atomic mass is 9.95. The van der Waals surface area contributed by atoms with E-state index in [1.54, 1.807) is 20.3 Å². The Labute approximate surface area is 129 Å². The molecule has 2 saturated heterocycles. The molecule has 0 bridgehead atoms. The number of rotatable bonds is 4. The number of nitrogens with zero attached hydrogens (tertiary/aromatic N) is 3. The fourth-order valence-electron chi connectivity index (χ4n) is 2.68. The average Bonchev–Trinajstić information content (AvgIpc) is 2.82. The zero-order valence-electron chi connectivity index (χ0n) is 12.1. The standard InChI is InChI=1S/C13H19N3O3S2/c1-15(2)21(17,18)16-9-13(10-16)7-11(8-20-13)19-12-5-3-4-6-14-12/h3-6,11H,7-10H2,1-2H3/t11-/m1/s1. The zero-order chi connectivity index (χ0) is 15.1. The van der Waals surface area contributed by atoms with E-state index in [-0.39, 0.29) is 10.9 Å². The fraction of sp³-hybridized carbons (Fsp3) is 0.615. The van der Waals surface area contributed by atoms with Gasteiger partial charge in [-0.1, -0.05) is 6.07 Å². The van der Waals surface area contributed by atoms with Crippen LogP contribution >= 0.6 is 11.8 Å². The van der Waals surface area contributed by atoms with Crippen molar-refractivity contribution in [3.63, 3.8) is 0 Å².